The lowest BCUT2D eigenvalue weighted by Crippen LogP contribution is -2.55. The maximum atomic E-state index is 13.9. The average molecular weight is 875 g/mol. The molecule has 15 nitrogen and oxygen atoms in total. The molecule has 2 aliphatic rings. The third kappa shape index (κ3) is 13.5. The van der Waals surface area contributed by atoms with Crippen LogP contribution >= 0.6 is 11.3 Å². The summed E-state index contributed by atoms with van der Waals surface area (Å²) in [4.78, 5) is 80.3. The molecule has 0 spiro atoms. The number of amides is 5. The number of β-amino-alcohol motifs (C(OH)–C–C–N with tert-alkyl or cyclic N) is 1. The van der Waals surface area contributed by atoms with E-state index in [1.165, 1.54) is 4.90 Å². The van der Waals surface area contributed by atoms with Crippen molar-refractivity contribution in [3.8, 4) is 10.4 Å². The number of nitrogens with zero attached hydrogens (tertiary/aromatic N) is 5. The third-order valence-corrected chi connectivity index (χ3v) is 12.6. The van der Waals surface area contributed by atoms with Gasteiger partial charge in [0.15, 0.2) is 0 Å². The van der Waals surface area contributed by atoms with E-state index in [9.17, 15) is 29.1 Å². The molecule has 0 saturated carbocycles. The van der Waals surface area contributed by atoms with Crippen molar-refractivity contribution in [2.24, 2.45) is 5.41 Å². The number of aryl methyl sites for hydroxylation is 1. The number of anilines is 1. The Morgan fingerprint density at radius 2 is 1.58 bits per heavy atom. The Balaban J connectivity index is 0.939. The highest BCUT2D eigenvalue weighted by atomic mass is 32.1. The number of carbonyl (C=O) groups excluding carboxylic acids is 5. The van der Waals surface area contributed by atoms with E-state index in [4.69, 9.17) is 4.74 Å². The highest BCUT2D eigenvalue weighted by molar-refractivity contribution is 7.13. The van der Waals surface area contributed by atoms with Crippen LogP contribution in [-0.4, -0.2) is 124 Å². The molecule has 62 heavy (non-hydrogen) atoms. The Morgan fingerprint density at radius 1 is 0.887 bits per heavy atom. The van der Waals surface area contributed by atoms with Crippen LogP contribution in [0.5, 0.6) is 0 Å². The minimum atomic E-state index is -1.02. The van der Waals surface area contributed by atoms with Crippen molar-refractivity contribution in [2.45, 2.75) is 124 Å². The van der Waals surface area contributed by atoms with Crippen LogP contribution < -0.4 is 20.9 Å². The second-order valence-electron chi connectivity index (χ2n) is 18.0. The second-order valence-corrected chi connectivity index (χ2v) is 18.9. The number of ether oxygens (including phenoxy) is 1. The number of hydrogen-bond acceptors (Lipinski definition) is 11. The van der Waals surface area contributed by atoms with Gasteiger partial charge in [-0.25, -0.2) is 14.8 Å². The zero-order valence-electron chi connectivity index (χ0n) is 37.5. The molecule has 0 bridgehead atoms. The van der Waals surface area contributed by atoms with E-state index in [1.54, 1.807) is 49.3 Å². The molecule has 4 heterocycles. The molecule has 2 saturated heterocycles. The van der Waals surface area contributed by atoms with Crippen LogP contribution in [0, 0.1) is 12.3 Å². The van der Waals surface area contributed by atoms with Crippen molar-refractivity contribution in [3.63, 3.8) is 0 Å². The Kier molecular flexibility index (Phi) is 16.9. The van der Waals surface area contributed by atoms with Crippen molar-refractivity contribution >= 4 is 46.7 Å². The summed E-state index contributed by atoms with van der Waals surface area (Å²) in [6.45, 7) is 16.3. The third-order valence-electron chi connectivity index (χ3n) is 11.7. The maximum absolute atomic E-state index is 13.9. The first-order valence-electron chi connectivity index (χ1n) is 22.0. The number of thiazole rings is 1. The fourth-order valence-electron chi connectivity index (χ4n) is 7.60. The first-order valence-corrected chi connectivity index (χ1v) is 22.8. The first-order chi connectivity index (χ1) is 29.4. The quantitative estimate of drug-likeness (QED) is 0.119. The molecule has 3 aromatic rings. The fourth-order valence-corrected chi connectivity index (χ4v) is 8.41. The van der Waals surface area contributed by atoms with Gasteiger partial charge in [0, 0.05) is 64.7 Å². The fraction of sp³-hybridized carbons (Fsp3) is 0.587. The number of nitrogens with one attached hydrogen (secondary N) is 3. The van der Waals surface area contributed by atoms with Crippen LogP contribution in [0.4, 0.5) is 10.5 Å². The lowest BCUT2D eigenvalue weighted by molar-refractivity contribution is -0.147. The van der Waals surface area contributed by atoms with Crippen molar-refractivity contribution in [2.75, 3.05) is 50.7 Å². The normalized spacial score (nSPS) is 17.4. The summed E-state index contributed by atoms with van der Waals surface area (Å²) in [5.41, 5.74) is 4.72. The maximum Gasteiger partial charge on any atom is 0.410 e. The van der Waals surface area contributed by atoms with Crippen LogP contribution in [0.15, 0.2) is 48.1 Å². The number of aromatic nitrogens is 2. The monoisotopic (exact) mass is 874 g/mol. The standard InChI is InChI=1S/C46H66N8O7S/c1-31-40(62-30-50-31)34-16-14-33(15-17-34)20-22-48-42(58)38-27-36(55)29-54(38)43(59)46(6,7)32(2)51-39(56)13-11-9-8-10-12-21-47-41(57)37-19-18-35(28-49-37)52-23-25-53(26-24-52)44(60)61-45(3,4)5/h14-19,28,30,32,36,38,55H,8-13,20-27,29H2,1-7H3,(H,47,57)(H,48,58)(H,51,56)/t32-,36+,38-/m0/s1. The van der Waals surface area contributed by atoms with Crippen molar-refractivity contribution in [3.05, 3.63) is 65.1 Å². The van der Waals surface area contributed by atoms with Gasteiger partial charge in [0.1, 0.15) is 17.3 Å². The molecule has 3 atom stereocenters. The van der Waals surface area contributed by atoms with Crippen molar-refractivity contribution in [1.29, 1.82) is 0 Å². The summed E-state index contributed by atoms with van der Waals surface area (Å²) in [5.74, 6) is -0.954. The minimum Gasteiger partial charge on any atom is -0.444 e. The number of carbonyl (C=O) groups is 5. The molecule has 0 aliphatic carbocycles. The second kappa shape index (κ2) is 21.8. The lowest BCUT2D eigenvalue weighted by Gasteiger charge is -2.36. The smallest absolute Gasteiger partial charge is 0.410 e. The van der Waals surface area contributed by atoms with Crippen LogP contribution in [0.2, 0.25) is 0 Å². The van der Waals surface area contributed by atoms with Gasteiger partial charge in [-0.15, -0.1) is 11.3 Å². The van der Waals surface area contributed by atoms with E-state index >= 15 is 0 Å². The van der Waals surface area contributed by atoms with Gasteiger partial charge < -0.3 is 40.5 Å². The number of likely N-dealkylation sites (tertiary alicyclic amines) is 1. The molecule has 5 amide bonds. The topological polar surface area (TPSA) is 186 Å². The van der Waals surface area contributed by atoms with Gasteiger partial charge in [-0.05, 0) is 91.0 Å². The molecule has 16 heteroatoms. The number of hydrogen-bond donors (Lipinski definition) is 4. The predicted molar refractivity (Wildman–Crippen MR) is 241 cm³/mol. The van der Waals surface area contributed by atoms with Gasteiger partial charge in [0.05, 0.1) is 39.5 Å². The molecule has 0 unspecified atom stereocenters. The Morgan fingerprint density at radius 3 is 2.23 bits per heavy atom. The van der Waals surface area contributed by atoms with Gasteiger partial charge in [-0.3, -0.25) is 19.2 Å². The molecule has 1 aromatic carbocycles. The van der Waals surface area contributed by atoms with Gasteiger partial charge in [-0.1, -0.05) is 43.5 Å². The van der Waals surface area contributed by atoms with Crippen LogP contribution in [0.25, 0.3) is 10.4 Å². The van der Waals surface area contributed by atoms with E-state index in [2.05, 4.69) is 43.0 Å². The highest BCUT2D eigenvalue weighted by Crippen LogP contribution is 2.30. The van der Waals surface area contributed by atoms with Crippen LogP contribution in [-0.2, 0) is 25.5 Å². The van der Waals surface area contributed by atoms with E-state index in [1.807, 2.05) is 51.4 Å². The largest absolute Gasteiger partial charge is 0.444 e. The van der Waals surface area contributed by atoms with E-state index in [0.29, 0.717) is 64.2 Å². The molecule has 0 radical (unpaired) electrons. The molecular weight excluding hydrogens is 809 g/mol. The number of pyridine rings is 1. The first kappa shape index (κ1) is 48.0. The minimum absolute atomic E-state index is 0.0616. The highest BCUT2D eigenvalue weighted by Gasteiger charge is 2.46. The Bertz CT molecular complexity index is 1970. The summed E-state index contributed by atoms with van der Waals surface area (Å²) in [6, 6.07) is 10.5. The average Bonchev–Trinajstić information content (AvgIpc) is 3.86. The predicted octanol–water partition coefficient (Wildman–Crippen LogP) is 5.49. The van der Waals surface area contributed by atoms with Crippen molar-refractivity contribution < 1.29 is 33.8 Å². The SMILES string of the molecule is Cc1ncsc1-c1ccc(CCNC(=O)[C@@H]2C[C@@H](O)CN2C(=O)C(C)(C)[C@H](C)NC(=O)CCCCCCCNC(=O)c2ccc(N3CCN(C(=O)OC(C)(C)C)CC3)cn2)cc1. The van der Waals surface area contributed by atoms with Gasteiger partial charge >= 0.3 is 6.09 Å². The zero-order valence-corrected chi connectivity index (χ0v) is 38.3. The van der Waals surface area contributed by atoms with Gasteiger partial charge in [0.2, 0.25) is 17.7 Å². The molecule has 4 N–H and O–H groups in total. The van der Waals surface area contributed by atoms with Crippen molar-refractivity contribution in [1.82, 2.24) is 35.7 Å². The number of rotatable bonds is 18. The van der Waals surface area contributed by atoms with E-state index < -0.39 is 29.2 Å². The summed E-state index contributed by atoms with van der Waals surface area (Å²) >= 11 is 1.60. The number of benzene rings is 1. The Hall–Kier alpha value is -5.09. The summed E-state index contributed by atoms with van der Waals surface area (Å²) < 4.78 is 5.48. The van der Waals surface area contributed by atoms with E-state index in [-0.39, 0.29) is 42.7 Å². The number of aliphatic hydroxyl groups is 1. The van der Waals surface area contributed by atoms with Gasteiger partial charge in [-0.2, -0.15) is 0 Å². The number of piperazine rings is 1. The van der Waals surface area contributed by atoms with E-state index in [0.717, 1.165) is 53.1 Å². The zero-order chi connectivity index (χ0) is 45.0. The molecule has 2 aliphatic heterocycles. The lowest BCUT2D eigenvalue weighted by atomic mass is 9.83. The molecular formula is C46H66N8O7S. The number of unbranched alkanes of at least 4 members (excludes halogenated alkanes) is 4. The summed E-state index contributed by atoms with van der Waals surface area (Å²) in [7, 11) is 0. The summed E-state index contributed by atoms with van der Waals surface area (Å²) in [6.07, 6.45) is 5.86. The Labute approximate surface area is 370 Å². The number of aliphatic hydroxyl groups excluding tert-OH is 1. The molecule has 5 rings (SSSR count). The molecule has 338 valence electrons. The van der Waals surface area contributed by atoms with Crippen LogP contribution in [0.1, 0.15) is 108 Å². The molecule has 2 fully saturated rings. The molecule has 2 aromatic heterocycles. The summed E-state index contributed by atoms with van der Waals surface area (Å²) in [5, 5.41) is 19.4. The van der Waals surface area contributed by atoms with Gasteiger partial charge in [0.25, 0.3) is 5.91 Å². The van der Waals surface area contributed by atoms with Crippen LogP contribution in [0.3, 0.4) is 0 Å².